The highest BCUT2D eigenvalue weighted by Gasteiger charge is 2.29. The first kappa shape index (κ1) is 18.0. The summed E-state index contributed by atoms with van der Waals surface area (Å²) in [7, 11) is 0. The minimum absolute atomic E-state index is 0.0901. The van der Waals surface area contributed by atoms with E-state index in [0.717, 1.165) is 51.0 Å². The normalized spacial score (nSPS) is 20.2. The first-order chi connectivity index (χ1) is 13.2. The number of fused-ring (bicyclic) bond motifs is 1. The van der Waals surface area contributed by atoms with Crippen molar-refractivity contribution in [3.8, 4) is 6.07 Å². The second-order valence-corrected chi connectivity index (χ2v) is 7.40. The molecule has 4 nitrogen and oxygen atoms in total. The number of aryl methyl sites for hydroxylation is 1. The minimum atomic E-state index is -0.318. The van der Waals surface area contributed by atoms with Gasteiger partial charge >= 0.3 is 0 Å². The number of aliphatic hydroxyl groups is 1. The molecule has 0 bridgehead atoms. The molecule has 1 heterocycles. The lowest BCUT2D eigenvalue weighted by Crippen LogP contribution is -2.48. The van der Waals surface area contributed by atoms with E-state index in [1.54, 1.807) is 12.1 Å². The van der Waals surface area contributed by atoms with Gasteiger partial charge in [0.2, 0.25) is 0 Å². The minimum Gasteiger partial charge on any atom is -0.392 e. The van der Waals surface area contributed by atoms with Crippen LogP contribution in [0.4, 0.5) is 10.1 Å². The number of nitriles is 1. The number of anilines is 1. The van der Waals surface area contributed by atoms with Crippen LogP contribution in [0.1, 0.15) is 41.1 Å². The fourth-order valence-corrected chi connectivity index (χ4v) is 4.43. The van der Waals surface area contributed by atoms with E-state index in [2.05, 4.69) is 21.9 Å². The number of hydrogen-bond acceptors (Lipinski definition) is 4. The third-order valence-corrected chi connectivity index (χ3v) is 5.85. The molecule has 0 saturated carbocycles. The number of benzene rings is 2. The highest BCUT2D eigenvalue weighted by atomic mass is 19.1. The molecule has 1 unspecified atom stereocenters. The molecular weight excluding hydrogens is 341 g/mol. The van der Waals surface area contributed by atoms with Crippen molar-refractivity contribution in [3.63, 3.8) is 0 Å². The van der Waals surface area contributed by atoms with Gasteiger partial charge in [-0.15, -0.1) is 0 Å². The highest BCUT2D eigenvalue weighted by molar-refractivity contribution is 5.51. The molecular formula is C22H24FN3O. The van der Waals surface area contributed by atoms with Gasteiger partial charge in [-0.05, 0) is 54.2 Å². The Morgan fingerprint density at radius 1 is 1.11 bits per heavy atom. The summed E-state index contributed by atoms with van der Waals surface area (Å²) in [6, 6.07) is 13.5. The van der Waals surface area contributed by atoms with E-state index in [4.69, 9.17) is 5.26 Å². The zero-order chi connectivity index (χ0) is 18.8. The molecule has 4 rings (SSSR count). The molecule has 2 aromatic carbocycles. The van der Waals surface area contributed by atoms with Crippen LogP contribution in [-0.4, -0.2) is 36.2 Å². The van der Waals surface area contributed by atoms with Gasteiger partial charge in [0.1, 0.15) is 5.82 Å². The van der Waals surface area contributed by atoms with Crippen molar-refractivity contribution in [2.45, 2.75) is 31.9 Å². The molecule has 1 saturated heterocycles. The van der Waals surface area contributed by atoms with Crippen LogP contribution >= 0.6 is 0 Å². The van der Waals surface area contributed by atoms with Gasteiger partial charge in [-0.1, -0.05) is 18.2 Å². The van der Waals surface area contributed by atoms with Crippen molar-refractivity contribution in [2.75, 3.05) is 31.1 Å². The highest BCUT2D eigenvalue weighted by Crippen LogP contribution is 2.36. The fourth-order valence-electron chi connectivity index (χ4n) is 4.43. The number of aliphatic hydroxyl groups excluding tert-OH is 1. The summed E-state index contributed by atoms with van der Waals surface area (Å²) in [5.74, 6) is -0.318. The Labute approximate surface area is 159 Å². The smallest absolute Gasteiger partial charge is 0.147 e. The lowest BCUT2D eigenvalue weighted by atomic mass is 9.85. The molecule has 0 radical (unpaired) electrons. The van der Waals surface area contributed by atoms with Crippen LogP contribution in [-0.2, 0) is 13.0 Å². The standard InChI is InChI=1S/C22H24FN3O/c23-20-13-16(14-24)5-7-22(20)26-10-8-25(9-11-26)21-3-1-2-18-12-17(15-27)4-6-19(18)21/h4-7,12-13,21,27H,1-3,8-11,15H2. The van der Waals surface area contributed by atoms with E-state index in [1.165, 1.54) is 17.2 Å². The van der Waals surface area contributed by atoms with Gasteiger partial charge in [0.15, 0.2) is 0 Å². The van der Waals surface area contributed by atoms with Gasteiger partial charge in [-0.3, -0.25) is 4.90 Å². The Kier molecular flexibility index (Phi) is 5.11. The Hall–Kier alpha value is -2.42. The first-order valence-electron chi connectivity index (χ1n) is 9.61. The quantitative estimate of drug-likeness (QED) is 0.906. The van der Waals surface area contributed by atoms with Crippen LogP contribution in [0.3, 0.4) is 0 Å². The van der Waals surface area contributed by atoms with Gasteiger partial charge in [-0.2, -0.15) is 5.26 Å². The van der Waals surface area contributed by atoms with Crippen molar-refractivity contribution >= 4 is 5.69 Å². The molecule has 2 aliphatic rings. The van der Waals surface area contributed by atoms with Crippen molar-refractivity contribution in [3.05, 3.63) is 64.5 Å². The van der Waals surface area contributed by atoms with Crippen LogP contribution in [0.2, 0.25) is 0 Å². The van der Waals surface area contributed by atoms with Crippen LogP contribution in [0, 0.1) is 17.1 Å². The largest absolute Gasteiger partial charge is 0.392 e. The molecule has 0 aromatic heterocycles. The topological polar surface area (TPSA) is 50.5 Å². The third-order valence-electron chi connectivity index (χ3n) is 5.85. The lowest BCUT2D eigenvalue weighted by Gasteiger charge is -2.42. The molecule has 27 heavy (non-hydrogen) atoms. The third kappa shape index (κ3) is 3.55. The van der Waals surface area contributed by atoms with Gasteiger partial charge in [0.25, 0.3) is 0 Å². The summed E-state index contributed by atoms with van der Waals surface area (Å²) in [5, 5.41) is 18.3. The second-order valence-electron chi connectivity index (χ2n) is 7.40. The average molecular weight is 365 g/mol. The predicted octanol–water partition coefficient (Wildman–Crippen LogP) is 3.39. The molecule has 1 fully saturated rings. The molecule has 2 aromatic rings. The van der Waals surface area contributed by atoms with Crippen molar-refractivity contribution < 1.29 is 9.50 Å². The lowest BCUT2D eigenvalue weighted by molar-refractivity contribution is 0.168. The van der Waals surface area contributed by atoms with Gasteiger partial charge < -0.3 is 10.0 Å². The molecule has 0 amide bonds. The molecule has 1 aliphatic heterocycles. The maximum atomic E-state index is 14.3. The Bertz CT molecular complexity index is 868. The first-order valence-corrected chi connectivity index (χ1v) is 9.61. The monoisotopic (exact) mass is 365 g/mol. The van der Waals surface area contributed by atoms with Crippen LogP contribution in [0.25, 0.3) is 0 Å². The fraction of sp³-hybridized carbons (Fsp3) is 0.409. The summed E-state index contributed by atoms with van der Waals surface area (Å²) >= 11 is 0. The summed E-state index contributed by atoms with van der Waals surface area (Å²) in [5.41, 5.74) is 4.67. The van der Waals surface area contributed by atoms with Crippen LogP contribution < -0.4 is 4.90 Å². The Morgan fingerprint density at radius 2 is 1.93 bits per heavy atom. The maximum Gasteiger partial charge on any atom is 0.147 e. The van der Waals surface area contributed by atoms with E-state index < -0.39 is 0 Å². The van der Waals surface area contributed by atoms with Gasteiger partial charge in [0.05, 0.1) is 23.9 Å². The summed E-state index contributed by atoms with van der Waals surface area (Å²) in [4.78, 5) is 4.58. The van der Waals surface area contributed by atoms with E-state index in [-0.39, 0.29) is 12.4 Å². The van der Waals surface area contributed by atoms with E-state index in [9.17, 15) is 9.50 Å². The summed E-state index contributed by atoms with van der Waals surface area (Å²) in [6.45, 7) is 3.44. The van der Waals surface area contributed by atoms with E-state index in [0.29, 0.717) is 17.3 Å². The van der Waals surface area contributed by atoms with Crippen molar-refractivity contribution in [1.82, 2.24) is 4.90 Å². The average Bonchev–Trinajstić information content (AvgIpc) is 2.73. The number of rotatable bonds is 3. The molecule has 1 N–H and O–H groups in total. The second kappa shape index (κ2) is 7.67. The van der Waals surface area contributed by atoms with Gasteiger partial charge in [0, 0.05) is 32.2 Å². The van der Waals surface area contributed by atoms with Crippen LogP contribution in [0.15, 0.2) is 36.4 Å². The van der Waals surface area contributed by atoms with Crippen molar-refractivity contribution in [1.29, 1.82) is 5.26 Å². The number of hydrogen-bond donors (Lipinski definition) is 1. The zero-order valence-electron chi connectivity index (χ0n) is 15.4. The Morgan fingerprint density at radius 3 is 2.63 bits per heavy atom. The zero-order valence-corrected chi connectivity index (χ0v) is 15.4. The number of piperazine rings is 1. The van der Waals surface area contributed by atoms with Crippen LogP contribution in [0.5, 0.6) is 0 Å². The van der Waals surface area contributed by atoms with Crippen molar-refractivity contribution in [2.24, 2.45) is 0 Å². The molecule has 140 valence electrons. The molecule has 0 spiro atoms. The number of nitrogens with zero attached hydrogens (tertiary/aromatic N) is 3. The predicted molar refractivity (Wildman–Crippen MR) is 103 cm³/mol. The molecule has 1 aliphatic carbocycles. The summed E-state index contributed by atoms with van der Waals surface area (Å²) < 4.78 is 14.3. The molecule has 5 heteroatoms. The SMILES string of the molecule is N#Cc1ccc(N2CCN(C3CCCc4cc(CO)ccc43)CC2)c(F)c1. The molecule has 1 atom stereocenters. The van der Waals surface area contributed by atoms with E-state index >= 15 is 0 Å². The summed E-state index contributed by atoms with van der Waals surface area (Å²) in [6.07, 6.45) is 3.39. The maximum absolute atomic E-state index is 14.3. The van der Waals surface area contributed by atoms with Gasteiger partial charge in [-0.25, -0.2) is 4.39 Å². The van der Waals surface area contributed by atoms with E-state index in [1.807, 2.05) is 12.1 Å². The Balaban J connectivity index is 1.47. The number of halogens is 1.